The Labute approximate surface area is 150 Å². The van der Waals surface area contributed by atoms with Gasteiger partial charge in [0.2, 0.25) is 5.91 Å². The number of fused-ring (bicyclic) bond motifs is 1. The molecule has 1 unspecified atom stereocenters. The standard InChI is InChI=1S/C19H19ClN2O3/c1-25-16-6-3-14(4-7-16)18(23)11-21-19(24)12-22-9-8-13-2-5-15(20)10-17(13)22/h2-10,18,23H,11-12H2,1H3,(H,21,24). The fourth-order valence-corrected chi connectivity index (χ4v) is 2.83. The van der Waals surface area contributed by atoms with Crippen LogP contribution in [0.2, 0.25) is 5.02 Å². The van der Waals surface area contributed by atoms with Gasteiger partial charge < -0.3 is 19.7 Å². The van der Waals surface area contributed by atoms with Gasteiger partial charge in [-0.15, -0.1) is 0 Å². The summed E-state index contributed by atoms with van der Waals surface area (Å²) < 4.78 is 6.92. The summed E-state index contributed by atoms with van der Waals surface area (Å²) in [5.74, 6) is 0.545. The van der Waals surface area contributed by atoms with Crippen LogP contribution in [0.5, 0.6) is 5.75 Å². The van der Waals surface area contributed by atoms with E-state index in [0.29, 0.717) is 5.02 Å². The number of hydrogen-bond donors (Lipinski definition) is 2. The molecule has 25 heavy (non-hydrogen) atoms. The van der Waals surface area contributed by atoms with Gasteiger partial charge >= 0.3 is 0 Å². The van der Waals surface area contributed by atoms with Gasteiger partial charge in [-0.3, -0.25) is 4.79 Å². The lowest BCUT2D eigenvalue weighted by molar-refractivity contribution is -0.122. The number of aromatic nitrogens is 1. The average Bonchev–Trinajstić information content (AvgIpc) is 3.01. The second kappa shape index (κ2) is 7.59. The van der Waals surface area contributed by atoms with Crippen molar-refractivity contribution >= 4 is 28.4 Å². The predicted molar refractivity (Wildman–Crippen MR) is 97.9 cm³/mol. The molecule has 0 aliphatic carbocycles. The van der Waals surface area contributed by atoms with Crippen molar-refractivity contribution in [3.8, 4) is 5.75 Å². The van der Waals surface area contributed by atoms with Gasteiger partial charge in [0, 0.05) is 23.3 Å². The number of aliphatic hydroxyl groups is 1. The zero-order valence-electron chi connectivity index (χ0n) is 13.8. The van der Waals surface area contributed by atoms with Crippen LogP contribution in [-0.4, -0.2) is 29.2 Å². The van der Waals surface area contributed by atoms with Crippen LogP contribution in [0.1, 0.15) is 11.7 Å². The van der Waals surface area contributed by atoms with Crippen molar-refractivity contribution in [2.75, 3.05) is 13.7 Å². The van der Waals surface area contributed by atoms with Crippen molar-refractivity contribution in [1.82, 2.24) is 9.88 Å². The molecule has 0 bridgehead atoms. The van der Waals surface area contributed by atoms with Gasteiger partial charge in [-0.1, -0.05) is 29.8 Å². The van der Waals surface area contributed by atoms with E-state index in [1.54, 1.807) is 31.4 Å². The number of rotatable bonds is 6. The minimum Gasteiger partial charge on any atom is -0.497 e. The first-order valence-corrected chi connectivity index (χ1v) is 8.28. The quantitative estimate of drug-likeness (QED) is 0.711. The molecular formula is C19H19ClN2O3. The summed E-state index contributed by atoms with van der Waals surface area (Å²) in [6, 6.07) is 14.6. The predicted octanol–water partition coefficient (Wildman–Crippen LogP) is 3.15. The third-order valence-electron chi connectivity index (χ3n) is 4.04. The molecule has 130 valence electrons. The SMILES string of the molecule is COc1ccc(C(O)CNC(=O)Cn2ccc3ccc(Cl)cc32)cc1. The first-order valence-electron chi connectivity index (χ1n) is 7.90. The number of carbonyl (C=O) groups excluding carboxylic acids is 1. The molecule has 1 aromatic heterocycles. The Bertz CT molecular complexity index is 874. The van der Waals surface area contributed by atoms with E-state index in [0.717, 1.165) is 22.2 Å². The van der Waals surface area contributed by atoms with Crippen molar-refractivity contribution in [1.29, 1.82) is 0 Å². The molecule has 3 aromatic rings. The van der Waals surface area contributed by atoms with E-state index in [2.05, 4.69) is 5.32 Å². The molecule has 1 atom stereocenters. The number of halogens is 1. The fraction of sp³-hybridized carbons (Fsp3) is 0.211. The molecule has 0 aliphatic heterocycles. The maximum absolute atomic E-state index is 12.2. The van der Waals surface area contributed by atoms with Crippen molar-refractivity contribution in [3.63, 3.8) is 0 Å². The number of aliphatic hydroxyl groups excluding tert-OH is 1. The van der Waals surface area contributed by atoms with Crippen molar-refractivity contribution in [2.45, 2.75) is 12.6 Å². The fourth-order valence-electron chi connectivity index (χ4n) is 2.66. The molecule has 0 fully saturated rings. The number of nitrogens with one attached hydrogen (secondary N) is 1. The molecule has 1 heterocycles. The van der Waals surface area contributed by atoms with Gasteiger partial charge in [0.1, 0.15) is 12.3 Å². The number of hydrogen-bond acceptors (Lipinski definition) is 3. The van der Waals surface area contributed by atoms with E-state index in [-0.39, 0.29) is 19.0 Å². The number of carbonyl (C=O) groups is 1. The number of amides is 1. The minimum atomic E-state index is -0.772. The Balaban J connectivity index is 1.59. The summed E-state index contributed by atoms with van der Waals surface area (Å²) in [5.41, 5.74) is 1.62. The molecular weight excluding hydrogens is 340 g/mol. The second-order valence-corrected chi connectivity index (χ2v) is 6.18. The highest BCUT2D eigenvalue weighted by Crippen LogP contribution is 2.20. The van der Waals surface area contributed by atoms with Gasteiger partial charge in [0.05, 0.1) is 13.2 Å². The van der Waals surface area contributed by atoms with Crippen molar-refractivity contribution in [2.24, 2.45) is 0 Å². The van der Waals surface area contributed by atoms with E-state index in [1.807, 2.05) is 35.0 Å². The third-order valence-corrected chi connectivity index (χ3v) is 4.28. The maximum atomic E-state index is 12.2. The van der Waals surface area contributed by atoms with Gasteiger partial charge in [0.25, 0.3) is 0 Å². The largest absolute Gasteiger partial charge is 0.497 e. The molecule has 5 nitrogen and oxygen atoms in total. The summed E-state index contributed by atoms with van der Waals surface area (Å²) in [7, 11) is 1.59. The van der Waals surface area contributed by atoms with E-state index in [4.69, 9.17) is 16.3 Å². The van der Waals surface area contributed by atoms with Crippen molar-refractivity contribution < 1.29 is 14.6 Å². The van der Waals surface area contributed by atoms with E-state index in [1.165, 1.54) is 0 Å². The highest BCUT2D eigenvalue weighted by Gasteiger charge is 2.11. The van der Waals surface area contributed by atoms with Crippen LogP contribution in [0.4, 0.5) is 0 Å². The Morgan fingerprint density at radius 2 is 2.00 bits per heavy atom. The van der Waals surface area contributed by atoms with E-state index >= 15 is 0 Å². The molecule has 0 saturated heterocycles. The normalized spacial score (nSPS) is 12.1. The van der Waals surface area contributed by atoms with Crippen LogP contribution in [0.3, 0.4) is 0 Å². The number of ether oxygens (including phenoxy) is 1. The number of methoxy groups -OCH3 is 1. The Morgan fingerprint density at radius 3 is 2.72 bits per heavy atom. The first-order chi connectivity index (χ1) is 12.1. The zero-order valence-corrected chi connectivity index (χ0v) is 14.5. The Morgan fingerprint density at radius 1 is 1.24 bits per heavy atom. The molecule has 1 amide bonds. The molecule has 3 rings (SSSR count). The van der Waals surface area contributed by atoms with Crippen LogP contribution in [0, 0.1) is 0 Å². The summed E-state index contributed by atoms with van der Waals surface area (Å²) in [6.07, 6.45) is 1.08. The summed E-state index contributed by atoms with van der Waals surface area (Å²) in [4.78, 5) is 12.2. The third kappa shape index (κ3) is 4.13. The molecule has 0 spiro atoms. The van der Waals surface area contributed by atoms with Crippen molar-refractivity contribution in [3.05, 3.63) is 65.3 Å². The zero-order chi connectivity index (χ0) is 17.8. The highest BCUT2D eigenvalue weighted by molar-refractivity contribution is 6.31. The maximum Gasteiger partial charge on any atom is 0.240 e. The summed E-state index contributed by atoms with van der Waals surface area (Å²) in [5, 5.41) is 14.6. The van der Waals surface area contributed by atoms with Gasteiger partial charge in [-0.05, 0) is 41.3 Å². The summed E-state index contributed by atoms with van der Waals surface area (Å²) >= 11 is 6.02. The van der Waals surface area contributed by atoms with E-state index < -0.39 is 6.10 Å². The summed E-state index contributed by atoms with van der Waals surface area (Å²) in [6.45, 7) is 0.310. The van der Waals surface area contributed by atoms with Crippen LogP contribution >= 0.6 is 11.6 Å². The van der Waals surface area contributed by atoms with Gasteiger partial charge in [-0.2, -0.15) is 0 Å². The van der Waals surface area contributed by atoms with Crippen LogP contribution in [0.25, 0.3) is 10.9 Å². The molecule has 0 aliphatic rings. The Kier molecular flexibility index (Phi) is 5.26. The lowest BCUT2D eigenvalue weighted by Gasteiger charge is -2.13. The second-order valence-electron chi connectivity index (χ2n) is 5.74. The smallest absolute Gasteiger partial charge is 0.240 e. The monoisotopic (exact) mass is 358 g/mol. The Hall–Kier alpha value is -2.50. The van der Waals surface area contributed by atoms with E-state index in [9.17, 15) is 9.90 Å². The van der Waals surface area contributed by atoms with Crippen LogP contribution in [-0.2, 0) is 11.3 Å². The average molecular weight is 359 g/mol. The molecule has 6 heteroatoms. The number of nitrogens with zero attached hydrogens (tertiary/aromatic N) is 1. The molecule has 0 saturated carbocycles. The van der Waals surface area contributed by atoms with Gasteiger partial charge in [-0.25, -0.2) is 0 Å². The van der Waals surface area contributed by atoms with Crippen LogP contribution in [0.15, 0.2) is 54.7 Å². The molecule has 2 aromatic carbocycles. The highest BCUT2D eigenvalue weighted by atomic mass is 35.5. The van der Waals surface area contributed by atoms with Gasteiger partial charge in [0.15, 0.2) is 0 Å². The van der Waals surface area contributed by atoms with Crippen LogP contribution < -0.4 is 10.1 Å². The number of benzene rings is 2. The lowest BCUT2D eigenvalue weighted by Crippen LogP contribution is -2.31. The minimum absolute atomic E-state index is 0.144. The topological polar surface area (TPSA) is 63.5 Å². The molecule has 2 N–H and O–H groups in total. The molecule has 0 radical (unpaired) electrons. The lowest BCUT2D eigenvalue weighted by atomic mass is 10.1. The first kappa shape index (κ1) is 17.3.